The Bertz CT molecular complexity index is 459. The van der Waals surface area contributed by atoms with Crippen LogP contribution in [0.1, 0.15) is 49.4 Å². The maximum atomic E-state index is 6.46. The van der Waals surface area contributed by atoms with Crippen LogP contribution in [0.25, 0.3) is 0 Å². The topological polar surface area (TPSA) is 48.1 Å². The Morgan fingerprint density at radius 2 is 2.15 bits per heavy atom. The summed E-state index contributed by atoms with van der Waals surface area (Å²) in [6.07, 6.45) is 7.98. The van der Waals surface area contributed by atoms with E-state index in [1.807, 2.05) is 13.1 Å². The zero-order chi connectivity index (χ0) is 14.7. The molecule has 2 N–H and O–H groups in total. The Morgan fingerprint density at radius 1 is 1.40 bits per heavy atom. The van der Waals surface area contributed by atoms with Crippen molar-refractivity contribution in [2.45, 2.75) is 58.9 Å². The number of nitrogens with two attached hydrogens (primary N) is 1. The highest BCUT2D eigenvalue weighted by atomic mass is 16.5. The van der Waals surface area contributed by atoms with Gasteiger partial charge in [-0.3, -0.25) is 4.98 Å². The van der Waals surface area contributed by atoms with Crippen LogP contribution in [-0.2, 0) is 6.42 Å². The van der Waals surface area contributed by atoms with Gasteiger partial charge in [0.05, 0.1) is 7.11 Å². The van der Waals surface area contributed by atoms with Crippen LogP contribution in [0.5, 0.6) is 5.75 Å². The lowest BCUT2D eigenvalue weighted by molar-refractivity contribution is 0.244. The third-order valence-electron chi connectivity index (χ3n) is 4.76. The second-order valence-electron chi connectivity index (χ2n) is 6.45. The van der Waals surface area contributed by atoms with Gasteiger partial charge in [-0.05, 0) is 38.5 Å². The lowest BCUT2D eigenvalue weighted by atomic mass is 9.77. The van der Waals surface area contributed by atoms with Crippen LogP contribution in [0.2, 0.25) is 0 Å². The smallest absolute Gasteiger partial charge is 0.128 e. The quantitative estimate of drug-likeness (QED) is 0.917. The van der Waals surface area contributed by atoms with Crippen LogP contribution in [0.3, 0.4) is 0 Å². The molecule has 1 aromatic rings. The van der Waals surface area contributed by atoms with Gasteiger partial charge >= 0.3 is 0 Å². The molecule has 3 unspecified atom stereocenters. The summed E-state index contributed by atoms with van der Waals surface area (Å²) in [6, 6.07) is 0.219. The Labute approximate surface area is 122 Å². The van der Waals surface area contributed by atoms with Gasteiger partial charge in [-0.15, -0.1) is 0 Å². The molecule has 0 saturated heterocycles. The average Bonchev–Trinajstić information content (AvgIpc) is 2.42. The van der Waals surface area contributed by atoms with Crippen LogP contribution in [0, 0.1) is 25.7 Å². The molecule has 0 aromatic carbocycles. The fourth-order valence-corrected chi connectivity index (χ4v) is 3.54. The van der Waals surface area contributed by atoms with Crippen LogP contribution < -0.4 is 10.5 Å². The number of nitrogens with zero attached hydrogens (tertiary/aromatic N) is 1. The monoisotopic (exact) mass is 276 g/mol. The highest BCUT2D eigenvalue weighted by Crippen LogP contribution is 2.32. The van der Waals surface area contributed by atoms with Crippen LogP contribution in [0.15, 0.2) is 6.20 Å². The lowest BCUT2D eigenvalue weighted by Gasteiger charge is -2.31. The van der Waals surface area contributed by atoms with Crippen molar-refractivity contribution in [3.8, 4) is 5.75 Å². The molecule has 3 heteroatoms. The van der Waals surface area contributed by atoms with E-state index in [1.165, 1.54) is 25.7 Å². The largest absolute Gasteiger partial charge is 0.496 e. The zero-order valence-corrected chi connectivity index (χ0v) is 13.3. The molecular formula is C17H28N2O. The normalized spacial score (nSPS) is 24.4. The van der Waals surface area contributed by atoms with Crippen molar-refractivity contribution in [1.29, 1.82) is 0 Å². The summed E-state index contributed by atoms with van der Waals surface area (Å²) in [7, 11) is 1.72. The van der Waals surface area contributed by atoms with Crippen molar-refractivity contribution in [2.75, 3.05) is 7.11 Å². The number of ether oxygens (including phenoxy) is 1. The third-order valence-corrected chi connectivity index (χ3v) is 4.76. The first-order chi connectivity index (χ1) is 9.52. The number of aryl methyl sites for hydroxylation is 1. The molecule has 1 fully saturated rings. The van der Waals surface area contributed by atoms with Gasteiger partial charge < -0.3 is 10.5 Å². The lowest BCUT2D eigenvalue weighted by Crippen LogP contribution is -2.35. The number of pyridine rings is 1. The van der Waals surface area contributed by atoms with E-state index in [0.29, 0.717) is 5.92 Å². The molecule has 1 saturated carbocycles. The highest BCUT2D eigenvalue weighted by Gasteiger charge is 2.25. The maximum absolute atomic E-state index is 6.46. The van der Waals surface area contributed by atoms with Crippen molar-refractivity contribution in [2.24, 2.45) is 17.6 Å². The molecule has 1 heterocycles. The van der Waals surface area contributed by atoms with Crippen LogP contribution in [0.4, 0.5) is 0 Å². The minimum Gasteiger partial charge on any atom is -0.496 e. The fourth-order valence-electron chi connectivity index (χ4n) is 3.54. The molecule has 0 bridgehead atoms. The second-order valence-corrected chi connectivity index (χ2v) is 6.45. The maximum Gasteiger partial charge on any atom is 0.128 e. The summed E-state index contributed by atoms with van der Waals surface area (Å²) in [5.74, 6) is 2.42. The highest BCUT2D eigenvalue weighted by molar-refractivity contribution is 5.41. The Morgan fingerprint density at radius 3 is 2.80 bits per heavy atom. The molecule has 0 spiro atoms. The third kappa shape index (κ3) is 3.32. The van der Waals surface area contributed by atoms with E-state index in [-0.39, 0.29) is 6.04 Å². The molecule has 1 aliphatic rings. The van der Waals surface area contributed by atoms with Gasteiger partial charge in [0.2, 0.25) is 0 Å². The molecule has 3 atom stereocenters. The molecule has 0 radical (unpaired) electrons. The van der Waals surface area contributed by atoms with Gasteiger partial charge in [-0.1, -0.05) is 19.8 Å². The average molecular weight is 276 g/mol. The molecule has 20 heavy (non-hydrogen) atoms. The minimum absolute atomic E-state index is 0.219. The van der Waals surface area contributed by atoms with E-state index < -0.39 is 0 Å². The molecule has 1 aliphatic carbocycles. The van der Waals surface area contributed by atoms with Crippen molar-refractivity contribution >= 4 is 0 Å². The summed E-state index contributed by atoms with van der Waals surface area (Å²) >= 11 is 0. The molecular weight excluding hydrogens is 248 g/mol. The summed E-state index contributed by atoms with van der Waals surface area (Å²) in [6.45, 7) is 6.47. The number of hydrogen-bond donors (Lipinski definition) is 1. The van der Waals surface area contributed by atoms with Crippen molar-refractivity contribution in [3.63, 3.8) is 0 Å². The van der Waals surface area contributed by atoms with Gasteiger partial charge in [0.15, 0.2) is 0 Å². The van der Waals surface area contributed by atoms with E-state index in [9.17, 15) is 0 Å². The van der Waals surface area contributed by atoms with Crippen molar-refractivity contribution < 1.29 is 4.74 Å². The molecule has 3 nitrogen and oxygen atoms in total. The van der Waals surface area contributed by atoms with Gasteiger partial charge in [-0.2, -0.15) is 0 Å². The zero-order valence-electron chi connectivity index (χ0n) is 13.3. The summed E-state index contributed by atoms with van der Waals surface area (Å²) < 4.78 is 5.48. The predicted octanol–water partition coefficient (Wildman–Crippen LogP) is 3.40. The minimum atomic E-state index is 0.219. The van der Waals surface area contributed by atoms with Crippen LogP contribution >= 0.6 is 0 Å². The first-order valence-corrected chi connectivity index (χ1v) is 7.77. The van der Waals surface area contributed by atoms with E-state index in [4.69, 9.17) is 10.5 Å². The van der Waals surface area contributed by atoms with Crippen LogP contribution in [-0.4, -0.2) is 18.1 Å². The SMILES string of the molecule is COc1c(C)cnc(CC(N)C2CCCC(C)C2)c1C. The molecule has 0 amide bonds. The van der Waals surface area contributed by atoms with Gasteiger partial charge in [0, 0.05) is 35.5 Å². The fraction of sp³-hybridized carbons (Fsp3) is 0.706. The van der Waals surface area contributed by atoms with E-state index >= 15 is 0 Å². The molecule has 112 valence electrons. The predicted molar refractivity (Wildman–Crippen MR) is 83.1 cm³/mol. The number of hydrogen-bond acceptors (Lipinski definition) is 3. The van der Waals surface area contributed by atoms with Crippen molar-refractivity contribution in [1.82, 2.24) is 4.98 Å². The first-order valence-electron chi connectivity index (χ1n) is 7.77. The number of methoxy groups -OCH3 is 1. The summed E-state index contributed by atoms with van der Waals surface area (Å²) in [5.41, 5.74) is 9.79. The molecule has 1 aromatic heterocycles. The van der Waals surface area contributed by atoms with Gasteiger partial charge in [0.1, 0.15) is 5.75 Å². The first kappa shape index (κ1) is 15.3. The van der Waals surface area contributed by atoms with E-state index in [2.05, 4.69) is 18.8 Å². The number of aromatic nitrogens is 1. The van der Waals surface area contributed by atoms with E-state index in [0.717, 1.165) is 34.9 Å². The standard InChI is InChI=1S/C17H28N2O/c1-11-6-5-7-14(8-11)15(18)9-16-13(3)17(20-4)12(2)10-19-16/h10-11,14-15H,5-9,18H2,1-4H3. The Kier molecular flexibility index (Phi) is 5.03. The number of rotatable bonds is 4. The Balaban J connectivity index is 2.09. The summed E-state index contributed by atoms with van der Waals surface area (Å²) in [4.78, 5) is 4.58. The van der Waals surface area contributed by atoms with Gasteiger partial charge in [0.25, 0.3) is 0 Å². The van der Waals surface area contributed by atoms with E-state index in [1.54, 1.807) is 7.11 Å². The molecule has 2 rings (SSSR count). The van der Waals surface area contributed by atoms with Gasteiger partial charge in [-0.25, -0.2) is 0 Å². The summed E-state index contributed by atoms with van der Waals surface area (Å²) in [5, 5.41) is 0. The molecule has 0 aliphatic heterocycles. The Hall–Kier alpha value is -1.09. The second kappa shape index (κ2) is 6.57. The van der Waals surface area contributed by atoms with Crippen molar-refractivity contribution in [3.05, 3.63) is 23.0 Å².